The molecule has 4 atom stereocenters. The van der Waals surface area contributed by atoms with Crippen molar-refractivity contribution in [3.8, 4) is 11.1 Å². The first kappa shape index (κ1) is 30.8. The number of nitrogens with one attached hydrogen (secondary N) is 1. The highest BCUT2D eigenvalue weighted by molar-refractivity contribution is 5.76. The van der Waals surface area contributed by atoms with Crippen molar-refractivity contribution in [2.45, 2.75) is 69.9 Å². The van der Waals surface area contributed by atoms with Gasteiger partial charge in [-0.25, -0.2) is 0 Å². The maximum Gasteiger partial charge on any atom is 0.303 e. The van der Waals surface area contributed by atoms with E-state index in [0.717, 1.165) is 52.9 Å². The number of benzene rings is 3. The molecule has 3 aromatic carbocycles. The summed E-state index contributed by atoms with van der Waals surface area (Å²) in [4.78, 5) is 25.0. The predicted molar refractivity (Wildman–Crippen MR) is 161 cm³/mol. The van der Waals surface area contributed by atoms with Gasteiger partial charge < -0.3 is 30.1 Å². The zero-order valence-corrected chi connectivity index (χ0v) is 24.2. The van der Waals surface area contributed by atoms with Gasteiger partial charge in [0.05, 0.1) is 24.9 Å². The Kier molecular flexibility index (Phi) is 10.6. The zero-order chi connectivity index (χ0) is 30.2. The third-order valence-electron chi connectivity index (χ3n) is 8.05. The second-order valence-electron chi connectivity index (χ2n) is 11.4. The molecule has 2 fully saturated rings. The highest BCUT2D eigenvalue weighted by Crippen LogP contribution is 2.39. The molecule has 2 aliphatic heterocycles. The van der Waals surface area contributed by atoms with Gasteiger partial charge in [-0.15, -0.1) is 0 Å². The summed E-state index contributed by atoms with van der Waals surface area (Å²) in [6.07, 6.45) is 0.895. The standard InChI is InChI=1S/C34H40N2O7/c37-22-23-7-9-26(10-8-23)31-18-30(21-36-16-15-29(38)20-36)42-34(43-31)27-13-11-25(12-14-27)28-4-1-3-24(17-28)19-35-32(39)5-2-6-33(40)41/h1,3-4,7-14,17,29-31,34,37-38H,2,5-6,15-16,18-22H2,(H,35,39)(H,40,41). The van der Waals surface area contributed by atoms with Gasteiger partial charge in [-0.3, -0.25) is 14.5 Å². The van der Waals surface area contributed by atoms with Gasteiger partial charge >= 0.3 is 5.97 Å². The molecule has 0 aromatic heterocycles. The number of β-amino-alcohol motifs (C(OH)–C–C–N with tert-alkyl or cyclic N) is 1. The molecule has 0 bridgehead atoms. The molecule has 4 unspecified atom stereocenters. The summed E-state index contributed by atoms with van der Waals surface area (Å²) >= 11 is 0. The molecule has 3 aromatic rings. The summed E-state index contributed by atoms with van der Waals surface area (Å²) < 4.78 is 13.0. The summed E-state index contributed by atoms with van der Waals surface area (Å²) in [6, 6.07) is 23.9. The van der Waals surface area contributed by atoms with Crippen molar-refractivity contribution in [3.05, 3.63) is 95.1 Å². The number of carboxylic acids is 1. The average Bonchev–Trinajstić information content (AvgIpc) is 3.44. The molecule has 2 aliphatic rings. The van der Waals surface area contributed by atoms with Crippen LogP contribution in [-0.4, -0.2) is 63.9 Å². The van der Waals surface area contributed by atoms with Gasteiger partial charge in [0.15, 0.2) is 6.29 Å². The lowest BCUT2D eigenvalue weighted by Crippen LogP contribution is -2.38. The summed E-state index contributed by atoms with van der Waals surface area (Å²) in [5, 5.41) is 31.1. The number of aliphatic hydroxyl groups is 2. The number of ether oxygens (including phenoxy) is 2. The fourth-order valence-corrected chi connectivity index (χ4v) is 5.68. The normalized spacial score (nSPS) is 22.4. The lowest BCUT2D eigenvalue weighted by molar-refractivity contribution is -0.252. The Hall–Kier alpha value is -3.60. The largest absolute Gasteiger partial charge is 0.481 e. The third-order valence-corrected chi connectivity index (χ3v) is 8.05. The van der Waals surface area contributed by atoms with Gasteiger partial charge in [-0.2, -0.15) is 0 Å². The maximum absolute atomic E-state index is 12.1. The van der Waals surface area contributed by atoms with Gasteiger partial charge in [0.25, 0.3) is 0 Å². The monoisotopic (exact) mass is 588 g/mol. The molecule has 5 rings (SSSR count). The van der Waals surface area contributed by atoms with Crippen LogP contribution < -0.4 is 5.32 Å². The number of aliphatic carboxylic acids is 1. The predicted octanol–water partition coefficient (Wildman–Crippen LogP) is 4.33. The van der Waals surface area contributed by atoms with E-state index in [1.165, 1.54) is 0 Å². The molecular formula is C34H40N2O7. The van der Waals surface area contributed by atoms with E-state index in [2.05, 4.69) is 10.2 Å². The van der Waals surface area contributed by atoms with E-state index in [-0.39, 0.29) is 43.7 Å². The van der Waals surface area contributed by atoms with Crippen molar-refractivity contribution >= 4 is 11.9 Å². The van der Waals surface area contributed by atoms with Crippen LogP contribution >= 0.6 is 0 Å². The zero-order valence-electron chi connectivity index (χ0n) is 24.2. The molecule has 43 heavy (non-hydrogen) atoms. The lowest BCUT2D eigenvalue weighted by atomic mass is 9.99. The van der Waals surface area contributed by atoms with Crippen molar-refractivity contribution in [1.82, 2.24) is 10.2 Å². The fourth-order valence-electron chi connectivity index (χ4n) is 5.68. The molecule has 4 N–H and O–H groups in total. The Morgan fingerprint density at radius 2 is 1.67 bits per heavy atom. The van der Waals surface area contributed by atoms with Crippen molar-refractivity contribution in [3.63, 3.8) is 0 Å². The number of carbonyl (C=O) groups is 2. The summed E-state index contributed by atoms with van der Waals surface area (Å²) in [7, 11) is 0. The third kappa shape index (κ3) is 8.72. The van der Waals surface area contributed by atoms with Gasteiger partial charge in [-0.1, -0.05) is 66.7 Å². The number of carboxylic acid groups (broad SMARTS) is 1. The van der Waals surface area contributed by atoms with E-state index in [1.807, 2.05) is 72.8 Å². The van der Waals surface area contributed by atoms with E-state index in [9.17, 15) is 19.8 Å². The van der Waals surface area contributed by atoms with Crippen molar-refractivity contribution < 1.29 is 34.4 Å². The minimum absolute atomic E-state index is 0.00403. The molecule has 2 saturated heterocycles. The van der Waals surface area contributed by atoms with Crippen LogP contribution in [-0.2, 0) is 32.2 Å². The highest BCUT2D eigenvalue weighted by Gasteiger charge is 2.34. The van der Waals surface area contributed by atoms with Gasteiger partial charge in [0.2, 0.25) is 5.91 Å². The molecule has 228 valence electrons. The number of amides is 1. The molecule has 9 nitrogen and oxygen atoms in total. The summed E-state index contributed by atoms with van der Waals surface area (Å²) in [6.45, 7) is 2.60. The lowest BCUT2D eigenvalue weighted by Gasteiger charge is -2.37. The van der Waals surface area contributed by atoms with Gasteiger partial charge in [0.1, 0.15) is 0 Å². The number of hydrogen-bond acceptors (Lipinski definition) is 7. The van der Waals surface area contributed by atoms with E-state index >= 15 is 0 Å². The molecule has 9 heteroatoms. The van der Waals surface area contributed by atoms with Crippen LogP contribution in [0.2, 0.25) is 0 Å². The molecule has 0 radical (unpaired) electrons. The van der Waals surface area contributed by atoms with E-state index in [0.29, 0.717) is 25.9 Å². The minimum Gasteiger partial charge on any atom is -0.481 e. The highest BCUT2D eigenvalue weighted by atomic mass is 16.7. The van der Waals surface area contributed by atoms with E-state index in [4.69, 9.17) is 14.6 Å². The molecule has 0 saturated carbocycles. The van der Waals surface area contributed by atoms with Crippen LogP contribution in [0.25, 0.3) is 11.1 Å². The fraction of sp³-hybridized carbons (Fsp3) is 0.412. The quantitative estimate of drug-likeness (QED) is 0.246. The van der Waals surface area contributed by atoms with Crippen LogP contribution in [0.15, 0.2) is 72.8 Å². The molecule has 2 heterocycles. The minimum atomic E-state index is -0.899. The Morgan fingerprint density at radius 1 is 0.907 bits per heavy atom. The number of nitrogens with zero attached hydrogens (tertiary/aromatic N) is 1. The number of carbonyl (C=O) groups excluding carboxylic acids is 1. The Bertz CT molecular complexity index is 1360. The summed E-state index contributed by atoms with van der Waals surface area (Å²) in [5.74, 6) is -1.06. The number of rotatable bonds is 12. The second kappa shape index (κ2) is 14.7. The Balaban J connectivity index is 1.25. The van der Waals surface area contributed by atoms with Crippen molar-refractivity contribution in [2.24, 2.45) is 0 Å². The van der Waals surface area contributed by atoms with E-state index < -0.39 is 12.3 Å². The van der Waals surface area contributed by atoms with Crippen molar-refractivity contribution in [1.29, 1.82) is 0 Å². The van der Waals surface area contributed by atoms with Crippen LogP contribution in [0.5, 0.6) is 0 Å². The van der Waals surface area contributed by atoms with E-state index in [1.54, 1.807) is 0 Å². The number of likely N-dealkylation sites (tertiary alicyclic amines) is 1. The molecule has 0 aliphatic carbocycles. The first-order chi connectivity index (χ1) is 20.9. The Labute approximate surface area is 252 Å². The molecule has 1 amide bonds. The van der Waals surface area contributed by atoms with Gasteiger partial charge in [-0.05, 0) is 46.7 Å². The Morgan fingerprint density at radius 3 is 2.37 bits per heavy atom. The van der Waals surface area contributed by atoms with Crippen LogP contribution in [0.1, 0.15) is 66.8 Å². The summed E-state index contributed by atoms with van der Waals surface area (Å²) in [5.41, 5.74) is 5.80. The number of aliphatic hydroxyl groups excluding tert-OH is 2. The first-order valence-electron chi connectivity index (χ1n) is 14.9. The van der Waals surface area contributed by atoms with Gasteiger partial charge in [0, 0.05) is 51.0 Å². The first-order valence-corrected chi connectivity index (χ1v) is 14.9. The smallest absolute Gasteiger partial charge is 0.303 e. The maximum atomic E-state index is 12.1. The SMILES string of the molecule is O=C(O)CCCC(=O)NCc1cccc(-c2ccc(C3OC(CN4CCC(O)C4)CC(c4ccc(CO)cc4)O3)cc2)c1. The average molecular weight is 589 g/mol. The number of hydrogen-bond donors (Lipinski definition) is 4. The topological polar surface area (TPSA) is 129 Å². The molecular weight excluding hydrogens is 548 g/mol. The molecule has 0 spiro atoms. The van der Waals surface area contributed by atoms with Crippen LogP contribution in [0.4, 0.5) is 0 Å². The second-order valence-corrected chi connectivity index (χ2v) is 11.4. The van der Waals surface area contributed by atoms with Crippen LogP contribution in [0, 0.1) is 0 Å². The van der Waals surface area contributed by atoms with Crippen LogP contribution in [0.3, 0.4) is 0 Å². The van der Waals surface area contributed by atoms with Crippen molar-refractivity contribution in [2.75, 3.05) is 19.6 Å².